The Balaban J connectivity index is 1.93. The Bertz CT molecular complexity index is 801. The van der Waals surface area contributed by atoms with Crippen molar-refractivity contribution in [3.63, 3.8) is 0 Å². The number of aryl methyl sites for hydroxylation is 1. The van der Waals surface area contributed by atoms with Gasteiger partial charge in [-0.3, -0.25) is 10.00 Å². The molecule has 0 unspecified atom stereocenters. The molecule has 0 aliphatic rings. The lowest BCUT2D eigenvalue weighted by molar-refractivity contribution is 0.267. The smallest absolute Gasteiger partial charge is 0.0664 e. The highest BCUT2D eigenvalue weighted by Gasteiger charge is 2.28. The normalized spacial score (nSPS) is 11.7. The van der Waals surface area contributed by atoms with Gasteiger partial charge in [-0.25, -0.2) is 0 Å². The van der Waals surface area contributed by atoms with Crippen LogP contribution < -0.4 is 5.32 Å². The molecule has 26 heavy (non-hydrogen) atoms. The van der Waals surface area contributed by atoms with Gasteiger partial charge in [-0.1, -0.05) is 60.7 Å². The van der Waals surface area contributed by atoms with Crippen LogP contribution >= 0.6 is 0 Å². The molecule has 1 aromatic heterocycles. The maximum absolute atomic E-state index is 9.22. The van der Waals surface area contributed by atoms with Crippen LogP contribution in [-0.4, -0.2) is 21.5 Å². The average molecular weight is 349 g/mol. The van der Waals surface area contributed by atoms with E-state index in [1.165, 1.54) is 16.7 Å². The molecule has 2 aromatic carbocycles. The summed E-state index contributed by atoms with van der Waals surface area (Å²) in [5.74, 6) is 0. The number of aromatic nitrogens is 2. The minimum atomic E-state index is -0.305. The Kier molecular flexibility index (Phi) is 5.55. The van der Waals surface area contributed by atoms with Gasteiger partial charge in [0, 0.05) is 17.8 Å². The third kappa shape index (κ3) is 3.57. The number of aliphatic hydroxyl groups excluding tert-OH is 1. The molecule has 0 saturated carbocycles. The highest BCUT2D eigenvalue weighted by Crippen LogP contribution is 2.30. The number of benzene rings is 2. The molecule has 3 aromatic rings. The molecular formula is C22H27N3O. The van der Waals surface area contributed by atoms with E-state index in [-0.39, 0.29) is 12.1 Å². The topological polar surface area (TPSA) is 50.1 Å². The number of hydrogen-bond donors (Lipinski definition) is 2. The van der Waals surface area contributed by atoms with Crippen molar-refractivity contribution in [2.24, 2.45) is 0 Å². The quantitative estimate of drug-likeness (QED) is 0.686. The van der Waals surface area contributed by atoms with Crippen LogP contribution in [0, 0.1) is 13.8 Å². The van der Waals surface area contributed by atoms with Crippen molar-refractivity contribution in [2.75, 3.05) is 6.61 Å². The highest BCUT2D eigenvalue weighted by molar-refractivity contribution is 5.38. The first-order valence-corrected chi connectivity index (χ1v) is 9.06. The van der Waals surface area contributed by atoms with Crippen LogP contribution in [0.1, 0.15) is 35.0 Å². The molecule has 1 heterocycles. The summed E-state index contributed by atoms with van der Waals surface area (Å²) in [6.45, 7) is 7.65. The van der Waals surface area contributed by atoms with Crippen molar-refractivity contribution in [3.8, 4) is 0 Å². The Morgan fingerprint density at radius 1 is 0.962 bits per heavy atom. The van der Waals surface area contributed by atoms with Crippen LogP contribution in [0.15, 0.2) is 60.7 Å². The number of hydrogen-bond acceptors (Lipinski definition) is 3. The summed E-state index contributed by atoms with van der Waals surface area (Å²) in [4.78, 5) is 0. The second-order valence-electron chi connectivity index (χ2n) is 6.81. The van der Waals surface area contributed by atoms with Gasteiger partial charge in [-0.05, 0) is 31.9 Å². The largest absolute Gasteiger partial charge is 0.394 e. The van der Waals surface area contributed by atoms with Crippen LogP contribution in [0.4, 0.5) is 0 Å². The van der Waals surface area contributed by atoms with Crippen molar-refractivity contribution >= 4 is 0 Å². The lowest BCUT2D eigenvalue weighted by Gasteiger charge is -2.32. The summed E-state index contributed by atoms with van der Waals surface area (Å²) >= 11 is 0. The Morgan fingerprint density at radius 3 is 2.00 bits per heavy atom. The summed E-state index contributed by atoms with van der Waals surface area (Å²) < 4.78 is 1.88. The molecule has 0 aliphatic carbocycles. The monoisotopic (exact) mass is 349 g/mol. The van der Waals surface area contributed by atoms with E-state index >= 15 is 0 Å². The molecule has 0 atom stereocenters. The zero-order chi connectivity index (χ0) is 18.6. The Labute approximate surface area is 155 Å². The van der Waals surface area contributed by atoms with Gasteiger partial charge in [0.25, 0.3) is 0 Å². The molecule has 0 amide bonds. The van der Waals surface area contributed by atoms with Crippen LogP contribution in [-0.2, 0) is 18.6 Å². The van der Waals surface area contributed by atoms with Crippen LogP contribution in [0.5, 0.6) is 0 Å². The molecule has 0 aliphatic heterocycles. The zero-order valence-corrected chi connectivity index (χ0v) is 15.7. The molecular weight excluding hydrogens is 322 g/mol. The van der Waals surface area contributed by atoms with E-state index in [1.54, 1.807) is 0 Å². The lowest BCUT2D eigenvalue weighted by atomic mass is 9.84. The minimum Gasteiger partial charge on any atom is -0.394 e. The van der Waals surface area contributed by atoms with Gasteiger partial charge >= 0.3 is 0 Å². The fourth-order valence-corrected chi connectivity index (χ4v) is 3.48. The Morgan fingerprint density at radius 2 is 1.50 bits per heavy atom. The molecule has 0 fully saturated rings. The van der Waals surface area contributed by atoms with Crippen molar-refractivity contribution in [3.05, 3.63) is 88.7 Å². The van der Waals surface area contributed by atoms with E-state index in [9.17, 15) is 5.11 Å². The van der Waals surface area contributed by atoms with E-state index < -0.39 is 0 Å². The lowest BCUT2D eigenvalue weighted by Crippen LogP contribution is -2.40. The zero-order valence-electron chi connectivity index (χ0n) is 15.7. The SMILES string of the molecule is Cc1nn(CCO)c(C)c1CNC(C)(c1ccccc1)c1ccccc1. The average Bonchev–Trinajstić information content (AvgIpc) is 2.94. The first kappa shape index (κ1) is 18.4. The van der Waals surface area contributed by atoms with Crippen LogP contribution in [0.25, 0.3) is 0 Å². The highest BCUT2D eigenvalue weighted by atomic mass is 16.3. The van der Waals surface area contributed by atoms with E-state index in [0.29, 0.717) is 13.1 Å². The van der Waals surface area contributed by atoms with Gasteiger partial charge in [0.1, 0.15) is 0 Å². The summed E-state index contributed by atoms with van der Waals surface area (Å²) in [6, 6.07) is 21.0. The summed E-state index contributed by atoms with van der Waals surface area (Å²) in [7, 11) is 0. The van der Waals surface area contributed by atoms with Crippen molar-refractivity contribution in [2.45, 2.75) is 39.4 Å². The molecule has 2 N–H and O–H groups in total. The third-order valence-corrected chi connectivity index (χ3v) is 5.16. The third-order valence-electron chi connectivity index (χ3n) is 5.16. The number of aliphatic hydroxyl groups is 1. The maximum Gasteiger partial charge on any atom is 0.0664 e. The van der Waals surface area contributed by atoms with E-state index in [4.69, 9.17) is 0 Å². The van der Waals surface area contributed by atoms with Crippen LogP contribution in [0.2, 0.25) is 0 Å². The molecule has 0 spiro atoms. The van der Waals surface area contributed by atoms with Crippen molar-refractivity contribution in [1.29, 1.82) is 0 Å². The molecule has 136 valence electrons. The van der Waals surface area contributed by atoms with Gasteiger partial charge in [0.2, 0.25) is 0 Å². The minimum absolute atomic E-state index is 0.0978. The molecule has 0 bridgehead atoms. The van der Waals surface area contributed by atoms with E-state index in [2.05, 4.69) is 72.8 Å². The van der Waals surface area contributed by atoms with Gasteiger partial charge in [-0.15, -0.1) is 0 Å². The second kappa shape index (κ2) is 7.85. The second-order valence-corrected chi connectivity index (χ2v) is 6.81. The molecule has 0 saturated heterocycles. The van der Waals surface area contributed by atoms with Gasteiger partial charge in [-0.2, -0.15) is 5.10 Å². The van der Waals surface area contributed by atoms with Gasteiger partial charge in [0.05, 0.1) is 24.4 Å². The van der Waals surface area contributed by atoms with E-state index in [0.717, 1.165) is 11.4 Å². The van der Waals surface area contributed by atoms with Crippen molar-refractivity contribution in [1.82, 2.24) is 15.1 Å². The standard InChI is InChI=1S/C22H27N3O/c1-17-21(18(2)25(24-17)14-15-26)16-23-22(3,19-10-6-4-7-11-19)20-12-8-5-9-13-20/h4-13,23,26H,14-16H2,1-3H3. The summed E-state index contributed by atoms with van der Waals surface area (Å²) in [5, 5.41) is 17.6. The summed E-state index contributed by atoms with van der Waals surface area (Å²) in [6.07, 6.45) is 0. The van der Waals surface area contributed by atoms with E-state index in [1.807, 2.05) is 23.7 Å². The Hall–Kier alpha value is -2.43. The fourth-order valence-electron chi connectivity index (χ4n) is 3.48. The van der Waals surface area contributed by atoms with Gasteiger partial charge in [0.15, 0.2) is 0 Å². The molecule has 4 nitrogen and oxygen atoms in total. The maximum atomic E-state index is 9.22. The first-order chi connectivity index (χ1) is 12.6. The number of rotatable bonds is 7. The van der Waals surface area contributed by atoms with Crippen LogP contribution in [0.3, 0.4) is 0 Å². The molecule has 4 heteroatoms. The van der Waals surface area contributed by atoms with Crippen molar-refractivity contribution < 1.29 is 5.11 Å². The summed E-state index contributed by atoms with van der Waals surface area (Å²) in [5.41, 5.74) is 5.45. The predicted octanol–water partition coefficient (Wildman–Crippen LogP) is 3.55. The first-order valence-electron chi connectivity index (χ1n) is 9.06. The predicted molar refractivity (Wildman–Crippen MR) is 105 cm³/mol. The number of nitrogens with one attached hydrogen (secondary N) is 1. The molecule has 3 rings (SSSR count). The molecule has 0 radical (unpaired) electrons. The van der Waals surface area contributed by atoms with Gasteiger partial charge < -0.3 is 5.11 Å². The fraction of sp³-hybridized carbons (Fsp3) is 0.318. The number of nitrogens with zero attached hydrogens (tertiary/aromatic N) is 2.